The van der Waals surface area contributed by atoms with Crippen LogP contribution in [0.15, 0.2) is 0 Å². The van der Waals surface area contributed by atoms with Gasteiger partial charge in [0.25, 0.3) is 0 Å². The number of hydrogen-bond acceptors (Lipinski definition) is 4. The predicted molar refractivity (Wildman–Crippen MR) is 44.8 cm³/mol. The average molecular weight is 189 g/mol. The van der Waals surface area contributed by atoms with Crippen LogP contribution in [0.2, 0.25) is 0 Å². The van der Waals surface area contributed by atoms with E-state index in [1.807, 2.05) is 0 Å². The lowest BCUT2D eigenvalue weighted by Crippen LogP contribution is -2.26. The zero-order chi connectivity index (χ0) is 9.52. The molecule has 1 saturated heterocycles. The van der Waals surface area contributed by atoms with Crippen LogP contribution in [-0.4, -0.2) is 49.0 Å². The van der Waals surface area contributed by atoms with Crippen LogP contribution >= 0.6 is 0 Å². The van der Waals surface area contributed by atoms with Crippen molar-refractivity contribution in [1.29, 1.82) is 0 Å². The van der Waals surface area contributed by atoms with Gasteiger partial charge in [-0.1, -0.05) is 0 Å². The lowest BCUT2D eigenvalue weighted by atomic mass is 10.4. The Labute approximate surface area is 77.2 Å². The summed E-state index contributed by atoms with van der Waals surface area (Å²) in [7, 11) is 0. The summed E-state index contributed by atoms with van der Waals surface area (Å²) in [6.45, 7) is 1.79. The maximum Gasteiger partial charge on any atom is 0.246 e. The first kappa shape index (κ1) is 10.4. The molecule has 0 saturated carbocycles. The number of aliphatic hydroxyl groups excluding tert-OH is 1. The van der Waals surface area contributed by atoms with Crippen molar-refractivity contribution in [2.24, 2.45) is 0 Å². The molecule has 1 aliphatic rings. The minimum Gasteiger partial charge on any atom is -0.394 e. The fraction of sp³-hybridized carbons (Fsp3) is 0.875. The molecule has 0 aromatic heterocycles. The van der Waals surface area contributed by atoms with Gasteiger partial charge >= 0.3 is 0 Å². The molecule has 1 aliphatic heterocycles. The monoisotopic (exact) mass is 189 g/mol. The van der Waals surface area contributed by atoms with E-state index in [1.54, 1.807) is 0 Å². The van der Waals surface area contributed by atoms with E-state index in [4.69, 9.17) is 14.7 Å². The Hall–Kier alpha value is -0.650. The first-order chi connectivity index (χ1) is 6.34. The molecule has 1 heterocycles. The van der Waals surface area contributed by atoms with Gasteiger partial charge < -0.3 is 9.84 Å². The molecule has 76 valence electrons. The fourth-order valence-corrected chi connectivity index (χ4v) is 1.13. The predicted octanol–water partition coefficient (Wildman–Crippen LogP) is -0.451. The first-order valence-electron chi connectivity index (χ1n) is 4.46. The van der Waals surface area contributed by atoms with Crippen molar-refractivity contribution in [2.75, 3.05) is 33.0 Å². The van der Waals surface area contributed by atoms with Crippen LogP contribution in [0.4, 0.5) is 0 Å². The molecule has 0 aliphatic carbocycles. The summed E-state index contributed by atoms with van der Waals surface area (Å²) >= 11 is 0. The Balaban J connectivity index is 1.96. The topological polar surface area (TPSA) is 59.0 Å². The molecule has 0 aromatic rings. The highest BCUT2D eigenvalue weighted by Gasteiger charge is 2.20. The van der Waals surface area contributed by atoms with Crippen molar-refractivity contribution >= 4 is 5.91 Å². The van der Waals surface area contributed by atoms with Crippen LogP contribution in [0.1, 0.15) is 12.8 Å². The molecule has 0 atom stereocenters. The van der Waals surface area contributed by atoms with Crippen LogP contribution in [0, 0.1) is 0 Å². The van der Waals surface area contributed by atoms with Crippen molar-refractivity contribution in [3.05, 3.63) is 0 Å². The van der Waals surface area contributed by atoms with Crippen molar-refractivity contribution in [2.45, 2.75) is 12.8 Å². The third-order valence-electron chi connectivity index (χ3n) is 1.74. The number of hydrogen-bond donors (Lipinski definition) is 1. The molecule has 0 spiro atoms. The average Bonchev–Trinajstić information content (AvgIpc) is 2.52. The van der Waals surface area contributed by atoms with Gasteiger partial charge in [-0.15, -0.1) is 0 Å². The molecule has 1 amide bonds. The highest BCUT2D eigenvalue weighted by Crippen LogP contribution is 2.09. The maximum atomic E-state index is 11.0. The van der Waals surface area contributed by atoms with Crippen LogP contribution in [0.5, 0.6) is 0 Å². The number of amides is 1. The van der Waals surface area contributed by atoms with E-state index in [2.05, 4.69) is 0 Å². The number of nitrogens with zero attached hydrogens (tertiary/aromatic N) is 1. The first-order valence-corrected chi connectivity index (χ1v) is 4.46. The summed E-state index contributed by atoms with van der Waals surface area (Å²) in [6.07, 6.45) is 1.45. The fourth-order valence-electron chi connectivity index (χ4n) is 1.13. The summed E-state index contributed by atoms with van der Waals surface area (Å²) in [5.74, 6) is 0.0437. The molecule has 0 bridgehead atoms. The minimum atomic E-state index is 0.0165. The van der Waals surface area contributed by atoms with Crippen LogP contribution < -0.4 is 0 Å². The Bertz CT molecular complexity index is 162. The number of ether oxygens (including phenoxy) is 1. The van der Waals surface area contributed by atoms with E-state index in [0.29, 0.717) is 32.8 Å². The summed E-state index contributed by atoms with van der Waals surface area (Å²) in [4.78, 5) is 16.2. The molecular weight excluding hydrogens is 174 g/mol. The molecule has 5 heteroatoms. The number of hydroxylamine groups is 2. The Morgan fingerprint density at radius 3 is 2.85 bits per heavy atom. The number of rotatable bonds is 6. The number of carbonyl (C=O) groups excluding carboxylic acids is 1. The van der Waals surface area contributed by atoms with Crippen molar-refractivity contribution in [3.63, 3.8) is 0 Å². The van der Waals surface area contributed by atoms with E-state index >= 15 is 0 Å². The third kappa shape index (κ3) is 3.71. The summed E-state index contributed by atoms with van der Waals surface area (Å²) < 4.78 is 4.96. The van der Waals surface area contributed by atoms with E-state index in [9.17, 15) is 4.79 Å². The minimum absolute atomic E-state index is 0.0165. The molecule has 5 nitrogen and oxygen atoms in total. The maximum absolute atomic E-state index is 11.0. The van der Waals surface area contributed by atoms with E-state index in [-0.39, 0.29) is 12.5 Å². The molecule has 0 aromatic carbocycles. The summed E-state index contributed by atoms with van der Waals surface area (Å²) in [6, 6.07) is 0. The van der Waals surface area contributed by atoms with Gasteiger partial charge in [-0.05, 0) is 6.42 Å². The van der Waals surface area contributed by atoms with Gasteiger partial charge in [0.05, 0.1) is 26.4 Å². The Kier molecular flexibility index (Phi) is 4.74. The van der Waals surface area contributed by atoms with Gasteiger partial charge in [-0.2, -0.15) is 0 Å². The van der Waals surface area contributed by atoms with E-state index < -0.39 is 0 Å². The lowest BCUT2D eigenvalue weighted by Gasteiger charge is -2.14. The third-order valence-corrected chi connectivity index (χ3v) is 1.74. The standard InChI is InChI=1S/C8H15NO4/c10-4-5-12-6-7-13-9-3-1-2-8(9)11/h10H,1-7H2. The van der Waals surface area contributed by atoms with Crippen molar-refractivity contribution < 1.29 is 19.5 Å². The molecule has 0 radical (unpaired) electrons. The normalized spacial score (nSPS) is 17.0. The molecule has 1 N–H and O–H groups in total. The molecular formula is C8H15NO4. The molecule has 13 heavy (non-hydrogen) atoms. The van der Waals surface area contributed by atoms with Gasteiger partial charge in [-0.25, -0.2) is 5.06 Å². The second kappa shape index (κ2) is 5.90. The van der Waals surface area contributed by atoms with E-state index in [1.165, 1.54) is 5.06 Å². The Morgan fingerprint density at radius 2 is 2.23 bits per heavy atom. The largest absolute Gasteiger partial charge is 0.394 e. The second-order valence-corrected chi connectivity index (χ2v) is 2.77. The van der Waals surface area contributed by atoms with Crippen molar-refractivity contribution in [1.82, 2.24) is 5.06 Å². The van der Waals surface area contributed by atoms with E-state index in [0.717, 1.165) is 6.42 Å². The van der Waals surface area contributed by atoms with Gasteiger partial charge in [0.15, 0.2) is 0 Å². The molecule has 1 fully saturated rings. The lowest BCUT2D eigenvalue weighted by molar-refractivity contribution is -0.182. The zero-order valence-electron chi connectivity index (χ0n) is 7.57. The van der Waals surface area contributed by atoms with Gasteiger partial charge in [0.1, 0.15) is 0 Å². The summed E-state index contributed by atoms with van der Waals surface area (Å²) in [5.41, 5.74) is 0. The van der Waals surface area contributed by atoms with Gasteiger partial charge in [-0.3, -0.25) is 9.63 Å². The smallest absolute Gasteiger partial charge is 0.246 e. The number of carbonyl (C=O) groups is 1. The molecule has 0 unspecified atom stereocenters. The van der Waals surface area contributed by atoms with Crippen LogP contribution in [-0.2, 0) is 14.4 Å². The second-order valence-electron chi connectivity index (χ2n) is 2.77. The zero-order valence-corrected chi connectivity index (χ0v) is 7.57. The van der Waals surface area contributed by atoms with Crippen LogP contribution in [0.25, 0.3) is 0 Å². The summed E-state index contributed by atoms with van der Waals surface area (Å²) in [5, 5.41) is 9.77. The van der Waals surface area contributed by atoms with Gasteiger partial charge in [0, 0.05) is 13.0 Å². The molecule has 1 rings (SSSR count). The van der Waals surface area contributed by atoms with Crippen molar-refractivity contribution in [3.8, 4) is 0 Å². The highest BCUT2D eigenvalue weighted by molar-refractivity contribution is 5.76. The number of aliphatic hydroxyl groups is 1. The highest BCUT2D eigenvalue weighted by atomic mass is 16.7. The van der Waals surface area contributed by atoms with Crippen LogP contribution in [0.3, 0.4) is 0 Å². The SMILES string of the molecule is O=C1CCCN1OCCOCCO. The quantitative estimate of drug-likeness (QED) is 0.575. The Morgan fingerprint density at radius 1 is 1.38 bits per heavy atom. The van der Waals surface area contributed by atoms with Gasteiger partial charge in [0.2, 0.25) is 5.91 Å².